The van der Waals surface area contributed by atoms with Gasteiger partial charge in [0.25, 0.3) is 0 Å². The van der Waals surface area contributed by atoms with Crippen LogP contribution in [0.2, 0.25) is 0 Å². The van der Waals surface area contributed by atoms with Crippen molar-refractivity contribution in [2.24, 2.45) is 11.8 Å². The maximum Gasteiger partial charge on any atom is 0.317 e. The second-order valence-corrected chi connectivity index (χ2v) is 6.50. The SMILES string of the molecule is CC(C)CCN(C(=O)NC(CC(=O)O)C(C)C)C1CC1. The average Bonchev–Trinajstić information content (AvgIpc) is 3.11. The lowest BCUT2D eigenvalue weighted by molar-refractivity contribution is -0.137. The Morgan fingerprint density at radius 2 is 1.85 bits per heavy atom. The van der Waals surface area contributed by atoms with E-state index in [2.05, 4.69) is 19.2 Å². The molecule has 0 heterocycles. The van der Waals surface area contributed by atoms with Crippen LogP contribution in [-0.4, -0.2) is 40.6 Å². The third kappa shape index (κ3) is 5.80. The van der Waals surface area contributed by atoms with E-state index in [9.17, 15) is 9.59 Å². The molecule has 2 N–H and O–H groups in total. The third-order valence-electron chi connectivity index (χ3n) is 3.70. The number of carbonyl (C=O) groups is 2. The molecule has 1 atom stereocenters. The Bertz CT molecular complexity index is 338. The maximum absolute atomic E-state index is 12.4. The second-order valence-electron chi connectivity index (χ2n) is 6.50. The molecule has 116 valence electrons. The average molecular weight is 284 g/mol. The van der Waals surface area contributed by atoms with E-state index in [-0.39, 0.29) is 24.4 Å². The van der Waals surface area contributed by atoms with E-state index >= 15 is 0 Å². The molecular weight excluding hydrogens is 256 g/mol. The first kappa shape index (κ1) is 16.8. The van der Waals surface area contributed by atoms with Gasteiger partial charge in [-0.2, -0.15) is 0 Å². The first-order valence-electron chi connectivity index (χ1n) is 7.60. The van der Waals surface area contributed by atoms with Gasteiger partial charge >= 0.3 is 12.0 Å². The topological polar surface area (TPSA) is 69.6 Å². The van der Waals surface area contributed by atoms with Crippen LogP contribution in [0, 0.1) is 11.8 Å². The van der Waals surface area contributed by atoms with Crippen molar-refractivity contribution >= 4 is 12.0 Å². The summed E-state index contributed by atoms with van der Waals surface area (Å²) in [4.78, 5) is 25.1. The number of carboxylic acids is 1. The number of aliphatic carboxylic acids is 1. The number of urea groups is 1. The van der Waals surface area contributed by atoms with Crippen molar-refractivity contribution in [3.8, 4) is 0 Å². The minimum Gasteiger partial charge on any atom is -0.481 e. The molecule has 0 aromatic heterocycles. The Labute approximate surface area is 121 Å². The van der Waals surface area contributed by atoms with Crippen LogP contribution in [-0.2, 0) is 4.79 Å². The summed E-state index contributed by atoms with van der Waals surface area (Å²) in [5.41, 5.74) is 0. The molecule has 0 spiro atoms. The number of carboxylic acid groups (broad SMARTS) is 1. The van der Waals surface area contributed by atoms with Gasteiger partial charge in [-0.1, -0.05) is 27.7 Å². The standard InChI is InChI=1S/C15H28N2O3/c1-10(2)7-8-17(12-5-6-12)15(20)16-13(11(3)4)9-14(18)19/h10-13H,5-9H2,1-4H3,(H,16,20)(H,18,19). The predicted molar refractivity (Wildman–Crippen MR) is 78.6 cm³/mol. The number of carbonyl (C=O) groups excluding carboxylic acids is 1. The number of nitrogens with zero attached hydrogens (tertiary/aromatic N) is 1. The zero-order chi connectivity index (χ0) is 15.3. The molecule has 1 rings (SSSR count). The van der Waals surface area contributed by atoms with E-state index in [4.69, 9.17) is 5.11 Å². The monoisotopic (exact) mass is 284 g/mol. The van der Waals surface area contributed by atoms with Crippen LogP contribution in [0.3, 0.4) is 0 Å². The van der Waals surface area contributed by atoms with Crippen LogP contribution in [0.4, 0.5) is 4.79 Å². The van der Waals surface area contributed by atoms with Gasteiger partial charge in [0.1, 0.15) is 0 Å². The molecule has 0 aliphatic heterocycles. The molecule has 20 heavy (non-hydrogen) atoms. The van der Waals surface area contributed by atoms with Crippen molar-refractivity contribution in [2.45, 2.75) is 65.5 Å². The van der Waals surface area contributed by atoms with Crippen LogP contribution < -0.4 is 5.32 Å². The lowest BCUT2D eigenvalue weighted by Crippen LogP contribution is -2.48. The number of hydrogen-bond acceptors (Lipinski definition) is 2. The van der Waals surface area contributed by atoms with E-state index in [1.807, 2.05) is 18.7 Å². The highest BCUT2D eigenvalue weighted by Gasteiger charge is 2.33. The van der Waals surface area contributed by atoms with Crippen LogP contribution in [0.5, 0.6) is 0 Å². The van der Waals surface area contributed by atoms with Gasteiger partial charge in [0.05, 0.1) is 6.42 Å². The van der Waals surface area contributed by atoms with E-state index in [0.717, 1.165) is 25.8 Å². The minimum atomic E-state index is -0.871. The fourth-order valence-electron chi connectivity index (χ4n) is 2.12. The van der Waals surface area contributed by atoms with Crippen molar-refractivity contribution in [1.82, 2.24) is 10.2 Å². The third-order valence-corrected chi connectivity index (χ3v) is 3.70. The summed E-state index contributed by atoms with van der Waals surface area (Å²) in [6, 6.07) is -0.0557. The molecule has 0 bridgehead atoms. The van der Waals surface area contributed by atoms with Crippen molar-refractivity contribution in [2.75, 3.05) is 6.54 Å². The fraction of sp³-hybridized carbons (Fsp3) is 0.867. The van der Waals surface area contributed by atoms with Crippen molar-refractivity contribution in [3.63, 3.8) is 0 Å². The smallest absolute Gasteiger partial charge is 0.317 e. The number of amides is 2. The maximum atomic E-state index is 12.4. The van der Waals surface area contributed by atoms with Crippen LogP contribution in [0.15, 0.2) is 0 Å². The Balaban J connectivity index is 2.56. The molecule has 0 radical (unpaired) electrons. The summed E-state index contributed by atoms with van der Waals surface area (Å²) >= 11 is 0. The van der Waals surface area contributed by atoms with Crippen molar-refractivity contribution in [3.05, 3.63) is 0 Å². The summed E-state index contributed by atoms with van der Waals surface area (Å²) in [6.07, 6.45) is 3.09. The van der Waals surface area contributed by atoms with E-state index in [0.29, 0.717) is 12.0 Å². The highest BCUT2D eigenvalue weighted by Crippen LogP contribution is 2.27. The van der Waals surface area contributed by atoms with Gasteiger partial charge in [-0.05, 0) is 31.1 Å². The first-order chi connectivity index (χ1) is 9.31. The quantitative estimate of drug-likeness (QED) is 0.720. The molecule has 5 heteroatoms. The lowest BCUT2D eigenvalue weighted by Gasteiger charge is -2.28. The highest BCUT2D eigenvalue weighted by molar-refractivity contribution is 5.76. The second kappa shape index (κ2) is 7.50. The van der Waals surface area contributed by atoms with Crippen molar-refractivity contribution in [1.29, 1.82) is 0 Å². The molecule has 0 aromatic rings. The van der Waals surface area contributed by atoms with Gasteiger partial charge in [0, 0.05) is 18.6 Å². The summed E-state index contributed by atoms with van der Waals surface area (Å²) in [5, 5.41) is 11.8. The van der Waals surface area contributed by atoms with Crippen molar-refractivity contribution < 1.29 is 14.7 Å². The van der Waals surface area contributed by atoms with E-state index in [1.165, 1.54) is 0 Å². The summed E-state index contributed by atoms with van der Waals surface area (Å²) in [6.45, 7) is 8.91. The molecule has 0 saturated heterocycles. The lowest BCUT2D eigenvalue weighted by atomic mass is 10.0. The summed E-state index contributed by atoms with van der Waals surface area (Å²) in [7, 11) is 0. The van der Waals surface area contributed by atoms with Crippen LogP contribution >= 0.6 is 0 Å². The zero-order valence-corrected chi connectivity index (χ0v) is 13.1. The molecule has 1 unspecified atom stereocenters. The van der Waals surface area contributed by atoms with Gasteiger partial charge < -0.3 is 15.3 Å². The Morgan fingerprint density at radius 1 is 1.25 bits per heavy atom. The van der Waals surface area contributed by atoms with E-state index < -0.39 is 5.97 Å². The Kier molecular flexibility index (Phi) is 6.30. The fourth-order valence-corrected chi connectivity index (χ4v) is 2.12. The van der Waals surface area contributed by atoms with Crippen LogP contribution in [0.25, 0.3) is 0 Å². The molecule has 1 aliphatic carbocycles. The highest BCUT2D eigenvalue weighted by atomic mass is 16.4. The zero-order valence-electron chi connectivity index (χ0n) is 13.1. The normalized spacial score (nSPS) is 16.3. The molecule has 0 aromatic carbocycles. The Hall–Kier alpha value is -1.26. The largest absolute Gasteiger partial charge is 0.481 e. The molecule has 1 aliphatic rings. The van der Waals surface area contributed by atoms with Gasteiger partial charge in [-0.3, -0.25) is 4.79 Å². The van der Waals surface area contributed by atoms with Crippen LogP contribution in [0.1, 0.15) is 53.4 Å². The van der Waals surface area contributed by atoms with Gasteiger partial charge in [-0.15, -0.1) is 0 Å². The van der Waals surface area contributed by atoms with E-state index in [1.54, 1.807) is 0 Å². The number of nitrogens with one attached hydrogen (secondary N) is 1. The predicted octanol–water partition coefficient (Wildman–Crippen LogP) is 2.71. The van der Waals surface area contributed by atoms with Gasteiger partial charge in [0.2, 0.25) is 0 Å². The van der Waals surface area contributed by atoms with Gasteiger partial charge in [0.15, 0.2) is 0 Å². The molecule has 2 amide bonds. The molecule has 1 saturated carbocycles. The molecule has 1 fully saturated rings. The Morgan fingerprint density at radius 3 is 2.25 bits per heavy atom. The number of rotatable bonds is 8. The summed E-state index contributed by atoms with van der Waals surface area (Å²) < 4.78 is 0. The van der Waals surface area contributed by atoms with Gasteiger partial charge in [-0.25, -0.2) is 4.79 Å². The summed E-state index contributed by atoms with van der Waals surface area (Å²) in [5.74, 6) is -0.200. The first-order valence-corrected chi connectivity index (χ1v) is 7.60. The molecular formula is C15H28N2O3. The minimum absolute atomic E-state index is 0.0217. The molecule has 5 nitrogen and oxygen atoms in total. The number of hydrogen-bond donors (Lipinski definition) is 2.